The van der Waals surface area contributed by atoms with Gasteiger partial charge < -0.3 is 5.32 Å². The number of thiophene rings is 2. The maximum absolute atomic E-state index is 12.7. The summed E-state index contributed by atoms with van der Waals surface area (Å²) in [6.07, 6.45) is 0.346. The molecule has 0 aliphatic rings. The summed E-state index contributed by atoms with van der Waals surface area (Å²) in [7, 11) is -3.73. The summed E-state index contributed by atoms with van der Waals surface area (Å²) in [6.45, 7) is 3.52. The van der Waals surface area contributed by atoms with Crippen LogP contribution >= 0.6 is 22.7 Å². The molecular formula is C20H20N2O4S3. The molecule has 2 N–H and O–H groups in total. The van der Waals surface area contributed by atoms with Crippen LogP contribution in [0.25, 0.3) is 0 Å². The van der Waals surface area contributed by atoms with Gasteiger partial charge in [-0.1, -0.05) is 13.0 Å². The maximum atomic E-state index is 12.7. The quantitative estimate of drug-likeness (QED) is 0.506. The van der Waals surface area contributed by atoms with Gasteiger partial charge in [0.15, 0.2) is 0 Å². The van der Waals surface area contributed by atoms with Gasteiger partial charge in [0, 0.05) is 23.5 Å². The standard InChI is InChI=1S/C20H20N2O4S3/c1-3-19(23)22-14-6-9-18(13(2)11-14)29(25,26)21-12-15-7-8-17(28-15)20(24)16-5-4-10-27-16/h4-11,21H,3,12H2,1-2H3,(H,22,23). The molecule has 0 radical (unpaired) electrons. The fraction of sp³-hybridized carbons (Fsp3) is 0.200. The Bertz CT molecular complexity index is 1130. The van der Waals surface area contributed by atoms with Crippen molar-refractivity contribution in [2.75, 3.05) is 5.32 Å². The summed E-state index contributed by atoms with van der Waals surface area (Å²) >= 11 is 2.65. The van der Waals surface area contributed by atoms with E-state index < -0.39 is 10.0 Å². The molecule has 0 unspecified atom stereocenters. The van der Waals surface area contributed by atoms with Crippen molar-refractivity contribution in [3.63, 3.8) is 0 Å². The summed E-state index contributed by atoms with van der Waals surface area (Å²) in [5.41, 5.74) is 1.09. The molecule has 2 aromatic heterocycles. The Morgan fingerprint density at radius 1 is 1.07 bits per heavy atom. The molecule has 0 bridgehead atoms. The number of hydrogen-bond donors (Lipinski definition) is 2. The van der Waals surface area contributed by atoms with E-state index in [1.165, 1.54) is 28.7 Å². The van der Waals surface area contributed by atoms with Gasteiger partial charge in [-0.2, -0.15) is 0 Å². The number of ketones is 1. The average Bonchev–Trinajstić information content (AvgIpc) is 3.38. The van der Waals surface area contributed by atoms with Gasteiger partial charge in [-0.05, 0) is 54.3 Å². The van der Waals surface area contributed by atoms with E-state index in [-0.39, 0.29) is 23.1 Å². The fourth-order valence-electron chi connectivity index (χ4n) is 2.65. The van der Waals surface area contributed by atoms with E-state index in [1.807, 2.05) is 11.4 Å². The summed E-state index contributed by atoms with van der Waals surface area (Å²) < 4.78 is 27.9. The molecule has 6 nitrogen and oxygen atoms in total. The van der Waals surface area contributed by atoms with Gasteiger partial charge >= 0.3 is 0 Å². The van der Waals surface area contributed by atoms with Crippen LogP contribution in [0, 0.1) is 6.92 Å². The van der Waals surface area contributed by atoms with Crippen molar-refractivity contribution in [1.29, 1.82) is 0 Å². The lowest BCUT2D eigenvalue weighted by Crippen LogP contribution is -2.23. The van der Waals surface area contributed by atoms with Gasteiger partial charge in [0.05, 0.1) is 14.6 Å². The molecule has 152 valence electrons. The molecule has 3 rings (SSSR count). The SMILES string of the molecule is CCC(=O)Nc1ccc(S(=O)(=O)NCc2ccc(C(=O)c3cccs3)s2)c(C)c1. The largest absolute Gasteiger partial charge is 0.326 e. The van der Waals surface area contributed by atoms with E-state index in [9.17, 15) is 18.0 Å². The summed E-state index contributed by atoms with van der Waals surface area (Å²) in [5.74, 6) is -0.191. The molecule has 0 aliphatic heterocycles. The van der Waals surface area contributed by atoms with E-state index >= 15 is 0 Å². The molecule has 2 heterocycles. The Hall–Kier alpha value is -2.33. The van der Waals surface area contributed by atoms with Crippen LogP contribution in [0.4, 0.5) is 5.69 Å². The normalized spacial score (nSPS) is 11.4. The van der Waals surface area contributed by atoms with Gasteiger partial charge in [-0.25, -0.2) is 13.1 Å². The van der Waals surface area contributed by atoms with Crippen molar-refractivity contribution in [1.82, 2.24) is 4.72 Å². The fourth-order valence-corrected chi connectivity index (χ4v) is 5.61. The highest BCUT2D eigenvalue weighted by molar-refractivity contribution is 7.89. The van der Waals surface area contributed by atoms with Crippen LogP contribution in [0.15, 0.2) is 52.7 Å². The zero-order valence-corrected chi connectivity index (χ0v) is 18.3. The molecule has 0 fully saturated rings. The first-order chi connectivity index (χ1) is 13.8. The Labute approximate surface area is 177 Å². The molecular weight excluding hydrogens is 428 g/mol. The van der Waals surface area contributed by atoms with Crippen LogP contribution < -0.4 is 10.0 Å². The third kappa shape index (κ3) is 5.18. The van der Waals surface area contributed by atoms with Crippen LogP contribution in [0.3, 0.4) is 0 Å². The monoisotopic (exact) mass is 448 g/mol. The number of anilines is 1. The van der Waals surface area contributed by atoms with Crippen molar-refractivity contribution in [2.24, 2.45) is 0 Å². The van der Waals surface area contributed by atoms with E-state index in [2.05, 4.69) is 10.0 Å². The lowest BCUT2D eigenvalue weighted by molar-refractivity contribution is -0.115. The van der Waals surface area contributed by atoms with Crippen LogP contribution in [0.1, 0.15) is 38.3 Å². The van der Waals surface area contributed by atoms with Gasteiger partial charge in [-0.3, -0.25) is 9.59 Å². The summed E-state index contributed by atoms with van der Waals surface area (Å²) in [6, 6.07) is 11.7. The Morgan fingerprint density at radius 3 is 2.52 bits per heavy atom. The van der Waals surface area contributed by atoms with Crippen molar-refractivity contribution in [3.05, 3.63) is 68.0 Å². The smallest absolute Gasteiger partial charge is 0.241 e. The molecule has 0 saturated carbocycles. The minimum Gasteiger partial charge on any atom is -0.326 e. The molecule has 3 aromatic rings. The Balaban J connectivity index is 1.69. The third-order valence-electron chi connectivity index (χ3n) is 4.14. The molecule has 0 saturated heterocycles. The number of nitrogens with one attached hydrogen (secondary N) is 2. The van der Waals surface area contributed by atoms with Crippen LogP contribution in [0.5, 0.6) is 0 Å². The van der Waals surface area contributed by atoms with E-state index in [4.69, 9.17) is 0 Å². The van der Waals surface area contributed by atoms with E-state index in [0.29, 0.717) is 27.4 Å². The van der Waals surface area contributed by atoms with Crippen molar-refractivity contribution < 1.29 is 18.0 Å². The Kier molecular flexibility index (Phi) is 6.63. The van der Waals surface area contributed by atoms with Crippen LogP contribution in [0.2, 0.25) is 0 Å². The highest BCUT2D eigenvalue weighted by atomic mass is 32.2. The topological polar surface area (TPSA) is 92.3 Å². The van der Waals surface area contributed by atoms with Gasteiger partial charge in [-0.15, -0.1) is 22.7 Å². The second-order valence-corrected chi connectivity index (χ2v) is 10.1. The van der Waals surface area contributed by atoms with Crippen molar-refractivity contribution >= 4 is 50.1 Å². The number of carbonyl (C=O) groups excluding carboxylic acids is 2. The highest BCUT2D eigenvalue weighted by Crippen LogP contribution is 2.24. The molecule has 1 amide bonds. The zero-order valence-electron chi connectivity index (χ0n) is 15.9. The average molecular weight is 449 g/mol. The number of benzene rings is 1. The van der Waals surface area contributed by atoms with Gasteiger partial charge in [0.25, 0.3) is 0 Å². The first kappa shape index (κ1) is 21.4. The zero-order chi connectivity index (χ0) is 21.0. The second kappa shape index (κ2) is 9.00. The molecule has 29 heavy (non-hydrogen) atoms. The number of hydrogen-bond acceptors (Lipinski definition) is 6. The maximum Gasteiger partial charge on any atom is 0.241 e. The van der Waals surface area contributed by atoms with Crippen LogP contribution in [-0.4, -0.2) is 20.1 Å². The Morgan fingerprint density at radius 2 is 1.86 bits per heavy atom. The number of rotatable bonds is 8. The van der Waals surface area contributed by atoms with Gasteiger partial charge in [0.2, 0.25) is 21.7 Å². The number of sulfonamides is 1. The molecule has 1 aromatic carbocycles. The summed E-state index contributed by atoms with van der Waals surface area (Å²) in [5, 5.41) is 4.55. The number of carbonyl (C=O) groups is 2. The lowest BCUT2D eigenvalue weighted by atomic mass is 10.2. The van der Waals surface area contributed by atoms with E-state index in [0.717, 1.165) is 4.88 Å². The predicted octanol–water partition coefficient (Wildman–Crippen LogP) is 4.18. The minimum atomic E-state index is -3.73. The highest BCUT2D eigenvalue weighted by Gasteiger charge is 2.18. The number of aryl methyl sites for hydroxylation is 1. The van der Waals surface area contributed by atoms with Crippen molar-refractivity contribution in [2.45, 2.75) is 31.7 Å². The molecule has 0 aliphatic carbocycles. The number of amides is 1. The second-order valence-electron chi connectivity index (χ2n) is 6.28. The van der Waals surface area contributed by atoms with Crippen molar-refractivity contribution in [3.8, 4) is 0 Å². The lowest BCUT2D eigenvalue weighted by Gasteiger charge is -2.11. The van der Waals surface area contributed by atoms with Gasteiger partial charge in [0.1, 0.15) is 0 Å². The van der Waals surface area contributed by atoms with Crippen LogP contribution in [-0.2, 0) is 21.4 Å². The summed E-state index contributed by atoms with van der Waals surface area (Å²) in [4.78, 5) is 26.0. The van der Waals surface area contributed by atoms with E-state index in [1.54, 1.807) is 44.2 Å². The third-order valence-corrected chi connectivity index (χ3v) is 7.65. The first-order valence-electron chi connectivity index (χ1n) is 8.87. The molecule has 9 heteroatoms. The minimum absolute atomic E-state index is 0.0559. The first-order valence-corrected chi connectivity index (χ1v) is 12.0. The molecule has 0 atom stereocenters. The predicted molar refractivity (Wildman–Crippen MR) is 116 cm³/mol. The molecule has 0 spiro atoms.